The largest absolute Gasteiger partial charge is 0.497 e. The highest BCUT2D eigenvalue weighted by Gasteiger charge is 2.21. The van der Waals surface area contributed by atoms with Crippen molar-refractivity contribution < 1.29 is 4.74 Å². The Labute approximate surface area is 116 Å². The van der Waals surface area contributed by atoms with Gasteiger partial charge in [-0.15, -0.1) is 0 Å². The molecule has 1 atom stereocenters. The molecule has 1 aliphatic rings. The second kappa shape index (κ2) is 6.63. The fraction of sp³-hybridized carbons (Fsp3) is 0.529. The van der Waals surface area contributed by atoms with Gasteiger partial charge in [0.2, 0.25) is 0 Å². The SMILES string of the molecule is COc1ccc(C#CC(NC2CCC2)C(C)C)cc1. The Balaban J connectivity index is 2.00. The van der Waals surface area contributed by atoms with Crippen LogP contribution in [0.4, 0.5) is 0 Å². The Kier molecular flexibility index (Phi) is 4.87. The Morgan fingerprint density at radius 2 is 1.89 bits per heavy atom. The first kappa shape index (κ1) is 14.0. The minimum atomic E-state index is 0.285. The van der Waals surface area contributed by atoms with Crippen LogP contribution in [0.15, 0.2) is 24.3 Å². The van der Waals surface area contributed by atoms with Crippen LogP contribution in [-0.2, 0) is 0 Å². The molecule has 1 saturated carbocycles. The molecule has 0 heterocycles. The predicted octanol–water partition coefficient (Wildman–Crippen LogP) is 3.21. The molecule has 1 aromatic carbocycles. The summed E-state index contributed by atoms with van der Waals surface area (Å²) < 4.78 is 5.15. The van der Waals surface area contributed by atoms with Crippen molar-refractivity contribution >= 4 is 0 Å². The summed E-state index contributed by atoms with van der Waals surface area (Å²) in [5.41, 5.74) is 1.04. The van der Waals surface area contributed by atoms with Crippen molar-refractivity contribution in [2.45, 2.75) is 45.2 Å². The fourth-order valence-corrected chi connectivity index (χ4v) is 2.07. The molecule has 2 nitrogen and oxygen atoms in total. The molecule has 1 N–H and O–H groups in total. The second-order valence-corrected chi connectivity index (χ2v) is 5.51. The van der Waals surface area contributed by atoms with E-state index >= 15 is 0 Å². The molecule has 0 aromatic heterocycles. The molecule has 0 aliphatic heterocycles. The van der Waals surface area contributed by atoms with Gasteiger partial charge in [0.05, 0.1) is 13.2 Å². The molecule has 2 rings (SSSR count). The summed E-state index contributed by atoms with van der Waals surface area (Å²) in [6.07, 6.45) is 3.95. The summed E-state index contributed by atoms with van der Waals surface area (Å²) in [5, 5.41) is 3.65. The van der Waals surface area contributed by atoms with Gasteiger partial charge in [-0.05, 0) is 43.0 Å². The maximum absolute atomic E-state index is 5.15. The molecule has 0 bridgehead atoms. The first-order valence-electron chi connectivity index (χ1n) is 7.10. The van der Waals surface area contributed by atoms with Gasteiger partial charge in [-0.25, -0.2) is 0 Å². The predicted molar refractivity (Wildman–Crippen MR) is 79.3 cm³/mol. The lowest BCUT2D eigenvalue weighted by molar-refractivity contribution is 0.300. The van der Waals surface area contributed by atoms with E-state index < -0.39 is 0 Å². The van der Waals surface area contributed by atoms with E-state index in [4.69, 9.17) is 4.74 Å². The number of methoxy groups -OCH3 is 1. The van der Waals surface area contributed by atoms with E-state index in [1.807, 2.05) is 24.3 Å². The minimum absolute atomic E-state index is 0.285. The van der Waals surface area contributed by atoms with Crippen molar-refractivity contribution in [3.63, 3.8) is 0 Å². The average molecular weight is 257 g/mol. The maximum Gasteiger partial charge on any atom is 0.118 e. The van der Waals surface area contributed by atoms with Crippen molar-refractivity contribution in [3.05, 3.63) is 29.8 Å². The van der Waals surface area contributed by atoms with Gasteiger partial charge in [0, 0.05) is 11.6 Å². The molecule has 102 valence electrons. The summed E-state index contributed by atoms with van der Waals surface area (Å²) in [6, 6.07) is 8.88. The lowest BCUT2D eigenvalue weighted by Crippen LogP contribution is -2.44. The summed E-state index contributed by atoms with van der Waals surface area (Å²) in [4.78, 5) is 0. The van der Waals surface area contributed by atoms with Crippen molar-refractivity contribution in [1.29, 1.82) is 0 Å². The number of hydrogen-bond acceptors (Lipinski definition) is 2. The van der Waals surface area contributed by atoms with Crippen LogP contribution in [0, 0.1) is 17.8 Å². The van der Waals surface area contributed by atoms with Crippen molar-refractivity contribution in [3.8, 4) is 17.6 Å². The molecular formula is C17H23NO. The molecule has 0 spiro atoms. The van der Waals surface area contributed by atoms with E-state index in [2.05, 4.69) is 31.0 Å². The molecule has 1 fully saturated rings. The first-order valence-corrected chi connectivity index (χ1v) is 7.10. The third-order valence-electron chi connectivity index (χ3n) is 3.65. The van der Waals surface area contributed by atoms with Crippen LogP contribution in [0.3, 0.4) is 0 Å². The van der Waals surface area contributed by atoms with Gasteiger partial charge < -0.3 is 10.1 Å². The zero-order valence-corrected chi connectivity index (χ0v) is 12.1. The first-order chi connectivity index (χ1) is 9.19. The zero-order chi connectivity index (χ0) is 13.7. The van der Waals surface area contributed by atoms with E-state index in [9.17, 15) is 0 Å². The van der Waals surface area contributed by atoms with Gasteiger partial charge in [0.25, 0.3) is 0 Å². The highest BCUT2D eigenvalue weighted by Crippen LogP contribution is 2.20. The van der Waals surface area contributed by atoms with Crippen LogP contribution in [-0.4, -0.2) is 19.2 Å². The monoisotopic (exact) mass is 257 g/mol. The lowest BCUT2D eigenvalue weighted by atomic mass is 9.91. The van der Waals surface area contributed by atoms with Crippen LogP contribution in [0.2, 0.25) is 0 Å². The number of hydrogen-bond donors (Lipinski definition) is 1. The van der Waals surface area contributed by atoms with E-state index in [-0.39, 0.29) is 6.04 Å². The van der Waals surface area contributed by atoms with Crippen LogP contribution in [0.1, 0.15) is 38.7 Å². The van der Waals surface area contributed by atoms with Gasteiger partial charge in [0.15, 0.2) is 0 Å². The summed E-state index contributed by atoms with van der Waals surface area (Å²) in [7, 11) is 1.68. The van der Waals surface area contributed by atoms with Crippen molar-refractivity contribution in [2.24, 2.45) is 5.92 Å². The molecule has 2 heteroatoms. The van der Waals surface area contributed by atoms with E-state index in [1.165, 1.54) is 19.3 Å². The van der Waals surface area contributed by atoms with Crippen LogP contribution in [0.25, 0.3) is 0 Å². The quantitative estimate of drug-likeness (QED) is 0.836. The fourth-order valence-electron chi connectivity index (χ4n) is 2.07. The van der Waals surface area contributed by atoms with E-state index in [0.29, 0.717) is 12.0 Å². The number of benzene rings is 1. The van der Waals surface area contributed by atoms with Crippen LogP contribution < -0.4 is 10.1 Å². The highest BCUT2D eigenvalue weighted by molar-refractivity contribution is 5.39. The van der Waals surface area contributed by atoms with Crippen molar-refractivity contribution in [2.75, 3.05) is 7.11 Å². The standard InChI is InChI=1S/C17H23NO/c1-13(2)17(18-15-5-4-6-15)12-9-14-7-10-16(19-3)11-8-14/h7-8,10-11,13,15,17-18H,4-6H2,1-3H3. The van der Waals surface area contributed by atoms with Crippen LogP contribution in [0.5, 0.6) is 5.75 Å². The van der Waals surface area contributed by atoms with Crippen LogP contribution >= 0.6 is 0 Å². The molecule has 1 unspecified atom stereocenters. The number of rotatable bonds is 4. The van der Waals surface area contributed by atoms with Gasteiger partial charge in [-0.1, -0.05) is 32.1 Å². The van der Waals surface area contributed by atoms with Gasteiger partial charge in [-0.2, -0.15) is 0 Å². The van der Waals surface area contributed by atoms with Gasteiger partial charge in [-0.3, -0.25) is 0 Å². The molecule has 0 saturated heterocycles. The Morgan fingerprint density at radius 1 is 1.21 bits per heavy atom. The normalized spacial score (nSPS) is 16.4. The lowest BCUT2D eigenvalue weighted by Gasteiger charge is -2.31. The summed E-state index contributed by atoms with van der Waals surface area (Å²) >= 11 is 0. The number of ether oxygens (including phenoxy) is 1. The zero-order valence-electron chi connectivity index (χ0n) is 12.1. The molecule has 19 heavy (non-hydrogen) atoms. The molecule has 1 aromatic rings. The van der Waals surface area contributed by atoms with Gasteiger partial charge >= 0.3 is 0 Å². The smallest absolute Gasteiger partial charge is 0.118 e. The molecule has 0 amide bonds. The minimum Gasteiger partial charge on any atom is -0.497 e. The maximum atomic E-state index is 5.15. The second-order valence-electron chi connectivity index (χ2n) is 5.51. The third-order valence-corrected chi connectivity index (χ3v) is 3.65. The average Bonchev–Trinajstić information content (AvgIpc) is 2.37. The third kappa shape index (κ3) is 4.01. The molecule has 1 aliphatic carbocycles. The number of nitrogens with one attached hydrogen (secondary N) is 1. The molecule has 0 radical (unpaired) electrons. The molecular weight excluding hydrogens is 234 g/mol. The highest BCUT2D eigenvalue weighted by atomic mass is 16.5. The van der Waals surface area contributed by atoms with Crippen molar-refractivity contribution in [1.82, 2.24) is 5.32 Å². The Morgan fingerprint density at radius 3 is 2.37 bits per heavy atom. The van der Waals surface area contributed by atoms with Gasteiger partial charge in [0.1, 0.15) is 5.75 Å². The van der Waals surface area contributed by atoms with E-state index in [0.717, 1.165) is 11.3 Å². The summed E-state index contributed by atoms with van der Waals surface area (Å²) in [6.45, 7) is 4.44. The Bertz CT molecular complexity index is 448. The van der Waals surface area contributed by atoms with E-state index in [1.54, 1.807) is 7.11 Å². The Hall–Kier alpha value is -1.46. The topological polar surface area (TPSA) is 21.3 Å². The summed E-state index contributed by atoms with van der Waals surface area (Å²) in [5.74, 6) is 8.04.